The molecule has 0 amide bonds. The number of anilines is 1. The molecule has 1 unspecified atom stereocenters. The highest BCUT2D eigenvalue weighted by Gasteiger charge is 2.26. The Morgan fingerprint density at radius 2 is 1.69 bits per heavy atom. The molecule has 1 heterocycles. The Balaban J connectivity index is 1.74. The van der Waals surface area contributed by atoms with Crippen molar-refractivity contribution in [3.63, 3.8) is 0 Å². The molecule has 1 N–H and O–H groups in total. The van der Waals surface area contributed by atoms with Crippen LogP contribution < -0.4 is 9.03 Å². The summed E-state index contributed by atoms with van der Waals surface area (Å²) in [5, 5.41) is 0. The van der Waals surface area contributed by atoms with Gasteiger partial charge in [0.25, 0.3) is 0 Å². The van der Waals surface area contributed by atoms with E-state index in [1.807, 2.05) is 49.3 Å². The minimum atomic E-state index is -3.72. The van der Waals surface area contributed by atoms with Crippen molar-refractivity contribution in [2.75, 3.05) is 37.2 Å². The first-order chi connectivity index (χ1) is 13.7. The zero-order chi connectivity index (χ0) is 21.1. The summed E-state index contributed by atoms with van der Waals surface area (Å²) in [6.45, 7) is 0.649. The van der Waals surface area contributed by atoms with Gasteiger partial charge in [0.2, 0.25) is 20.0 Å². The molecule has 9 heteroatoms. The number of rotatable bonds is 7. The molecule has 2 aromatic carbocycles. The molecule has 0 aromatic heterocycles. The van der Waals surface area contributed by atoms with Gasteiger partial charge in [-0.05, 0) is 56.8 Å². The summed E-state index contributed by atoms with van der Waals surface area (Å²) in [5.41, 5.74) is 1.52. The smallest absolute Gasteiger partial charge is 0.240 e. The molecular weight excluding hydrogens is 410 g/mol. The fourth-order valence-corrected chi connectivity index (χ4v) is 6.09. The highest BCUT2D eigenvalue weighted by atomic mass is 32.2. The van der Waals surface area contributed by atoms with Gasteiger partial charge in [-0.25, -0.2) is 21.6 Å². The molecule has 1 saturated heterocycles. The van der Waals surface area contributed by atoms with E-state index in [0.29, 0.717) is 18.7 Å². The average molecular weight is 438 g/mol. The first-order valence-electron chi connectivity index (χ1n) is 9.52. The lowest BCUT2D eigenvalue weighted by Crippen LogP contribution is -2.37. The summed E-state index contributed by atoms with van der Waals surface area (Å²) < 4.78 is 54.0. The second kappa shape index (κ2) is 8.83. The number of nitrogens with one attached hydrogen (secondary N) is 1. The van der Waals surface area contributed by atoms with E-state index >= 15 is 0 Å². The summed E-state index contributed by atoms with van der Waals surface area (Å²) in [7, 11) is -3.24. The number of hydrogen-bond acceptors (Lipinski definition) is 5. The van der Waals surface area contributed by atoms with Crippen LogP contribution in [0.3, 0.4) is 0 Å². The monoisotopic (exact) mass is 437 g/mol. The van der Waals surface area contributed by atoms with Crippen molar-refractivity contribution >= 4 is 25.7 Å². The first-order valence-corrected chi connectivity index (χ1v) is 12.6. The van der Waals surface area contributed by atoms with Gasteiger partial charge in [-0.2, -0.15) is 0 Å². The van der Waals surface area contributed by atoms with Crippen LogP contribution in [0.4, 0.5) is 5.69 Å². The van der Waals surface area contributed by atoms with E-state index in [0.717, 1.165) is 12.0 Å². The molecule has 158 valence electrons. The topological polar surface area (TPSA) is 86.8 Å². The predicted molar refractivity (Wildman–Crippen MR) is 115 cm³/mol. The first kappa shape index (κ1) is 21.8. The van der Waals surface area contributed by atoms with Gasteiger partial charge in [-0.3, -0.25) is 4.31 Å². The zero-order valence-corrected chi connectivity index (χ0v) is 18.3. The highest BCUT2D eigenvalue weighted by molar-refractivity contribution is 7.92. The molecule has 3 rings (SSSR count). The Bertz CT molecular complexity index is 1020. The average Bonchev–Trinajstić information content (AvgIpc) is 2.68. The summed E-state index contributed by atoms with van der Waals surface area (Å²) >= 11 is 0. The molecule has 1 fully saturated rings. The van der Waals surface area contributed by atoms with Gasteiger partial charge >= 0.3 is 0 Å². The second-order valence-electron chi connectivity index (χ2n) is 7.33. The maximum Gasteiger partial charge on any atom is 0.240 e. The van der Waals surface area contributed by atoms with Crippen LogP contribution in [0.5, 0.6) is 0 Å². The Labute approximate surface area is 173 Å². The normalized spacial score (nSPS) is 18.0. The maximum absolute atomic E-state index is 12.7. The second-order valence-corrected chi connectivity index (χ2v) is 11.1. The van der Waals surface area contributed by atoms with Crippen LogP contribution in [0.1, 0.15) is 24.4 Å². The number of hydrogen-bond donors (Lipinski definition) is 1. The van der Waals surface area contributed by atoms with Gasteiger partial charge in [0.15, 0.2) is 0 Å². The van der Waals surface area contributed by atoms with Crippen molar-refractivity contribution in [1.29, 1.82) is 0 Å². The molecule has 7 nitrogen and oxygen atoms in total. The van der Waals surface area contributed by atoms with Crippen LogP contribution in [-0.4, -0.2) is 54.7 Å². The lowest BCUT2D eigenvalue weighted by molar-refractivity contribution is 0.299. The number of benzene rings is 2. The van der Waals surface area contributed by atoms with Gasteiger partial charge in [0, 0.05) is 19.1 Å². The number of nitrogens with zero attached hydrogens (tertiary/aromatic N) is 2. The molecule has 29 heavy (non-hydrogen) atoms. The molecule has 1 aliphatic heterocycles. The van der Waals surface area contributed by atoms with E-state index in [2.05, 4.69) is 4.72 Å². The molecule has 0 spiro atoms. The molecule has 0 saturated carbocycles. The Morgan fingerprint density at radius 1 is 1.03 bits per heavy atom. The third-order valence-electron chi connectivity index (χ3n) is 5.06. The highest BCUT2D eigenvalue weighted by Crippen LogP contribution is 2.25. The fraction of sp³-hybridized carbons (Fsp3) is 0.400. The molecular formula is C20H27N3O4S2. The van der Waals surface area contributed by atoms with Gasteiger partial charge in [0.1, 0.15) is 0 Å². The van der Waals surface area contributed by atoms with E-state index in [-0.39, 0.29) is 23.2 Å². The standard InChI is InChI=1S/C20H27N3O4S2/c1-22(2)20(17-8-4-3-5-9-17)16-21-29(26,27)19-12-10-18(11-13-19)23-14-6-7-15-28(23,24)25/h3-5,8-13,20-21H,6-7,14-16H2,1-2H3. The summed E-state index contributed by atoms with van der Waals surface area (Å²) in [5.74, 6) is 0.125. The lowest BCUT2D eigenvalue weighted by Gasteiger charge is -2.28. The minimum absolute atomic E-state index is 0.108. The number of likely N-dealkylation sites (N-methyl/N-ethyl adjacent to an activating group) is 1. The largest absolute Gasteiger partial charge is 0.301 e. The van der Waals surface area contributed by atoms with Crippen LogP contribution >= 0.6 is 0 Å². The summed E-state index contributed by atoms with van der Waals surface area (Å²) in [6.07, 6.45) is 1.45. The molecule has 1 aliphatic rings. The van der Waals surface area contributed by atoms with E-state index in [9.17, 15) is 16.8 Å². The Kier molecular flexibility index (Phi) is 6.62. The Hall–Kier alpha value is -1.94. The van der Waals surface area contributed by atoms with Crippen LogP contribution in [-0.2, 0) is 20.0 Å². The molecule has 0 bridgehead atoms. The van der Waals surface area contributed by atoms with Crippen molar-refractivity contribution in [1.82, 2.24) is 9.62 Å². The van der Waals surface area contributed by atoms with E-state index < -0.39 is 20.0 Å². The van der Waals surface area contributed by atoms with Crippen molar-refractivity contribution < 1.29 is 16.8 Å². The van der Waals surface area contributed by atoms with Gasteiger partial charge in [0.05, 0.1) is 16.3 Å². The predicted octanol–water partition coefficient (Wildman–Crippen LogP) is 2.20. The molecule has 0 radical (unpaired) electrons. The van der Waals surface area contributed by atoms with Crippen LogP contribution in [0.15, 0.2) is 59.5 Å². The van der Waals surface area contributed by atoms with Gasteiger partial charge < -0.3 is 4.90 Å². The van der Waals surface area contributed by atoms with Crippen molar-refractivity contribution in [2.24, 2.45) is 0 Å². The minimum Gasteiger partial charge on any atom is -0.301 e. The van der Waals surface area contributed by atoms with Crippen molar-refractivity contribution in [2.45, 2.75) is 23.8 Å². The SMILES string of the molecule is CN(C)C(CNS(=O)(=O)c1ccc(N2CCCCS2(=O)=O)cc1)c1ccccc1. The van der Waals surface area contributed by atoms with Crippen molar-refractivity contribution in [3.8, 4) is 0 Å². The third-order valence-corrected chi connectivity index (χ3v) is 8.37. The number of sulfonamides is 2. The van der Waals surface area contributed by atoms with Gasteiger partial charge in [-0.15, -0.1) is 0 Å². The fourth-order valence-electron chi connectivity index (χ4n) is 3.42. The Morgan fingerprint density at radius 3 is 2.28 bits per heavy atom. The molecule has 1 atom stereocenters. The quantitative estimate of drug-likeness (QED) is 0.718. The van der Waals surface area contributed by atoms with E-state index in [4.69, 9.17) is 0 Å². The third kappa shape index (κ3) is 5.16. The summed E-state index contributed by atoms with van der Waals surface area (Å²) in [6, 6.07) is 15.6. The van der Waals surface area contributed by atoms with Crippen LogP contribution in [0, 0.1) is 0 Å². The van der Waals surface area contributed by atoms with Crippen molar-refractivity contribution in [3.05, 3.63) is 60.2 Å². The summed E-state index contributed by atoms with van der Waals surface area (Å²) in [4.78, 5) is 2.07. The van der Waals surface area contributed by atoms with Gasteiger partial charge in [-0.1, -0.05) is 30.3 Å². The zero-order valence-electron chi connectivity index (χ0n) is 16.7. The lowest BCUT2D eigenvalue weighted by atomic mass is 10.1. The van der Waals surface area contributed by atoms with Crippen LogP contribution in [0.25, 0.3) is 0 Å². The molecule has 0 aliphatic carbocycles. The van der Waals surface area contributed by atoms with E-state index in [1.54, 1.807) is 12.1 Å². The van der Waals surface area contributed by atoms with E-state index in [1.165, 1.54) is 16.4 Å². The van der Waals surface area contributed by atoms with Crippen LogP contribution in [0.2, 0.25) is 0 Å². The maximum atomic E-state index is 12.7. The molecule has 2 aromatic rings.